The molecule has 1 aliphatic heterocycles. The van der Waals surface area contributed by atoms with Gasteiger partial charge in [-0.25, -0.2) is 4.79 Å². The van der Waals surface area contributed by atoms with Gasteiger partial charge >= 0.3 is 12.0 Å². The lowest BCUT2D eigenvalue weighted by Gasteiger charge is -2.34. The molecule has 1 N–H and O–H groups in total. The van der Waals surface area contributed by atoms with Gasteiger partial charge in [0.2, 0.25) is 0 Å². The highest BCUT2D eigenvalue weighted by Crippen LogP contribution is 2.20. The Morgan fingerprint density at radius 3 is 2.47 bits per heavy atom. The molecular formula is C13H24N2O4. The summed E-state index contributed by atoms with van der Waals surface area (Å²) in [5.41, 5.74) is 0. The van der Waals surface area contributed by atoms with Crippen LogP contribution in [0.1, 0.15) is 27.2 Å². The number of ether oxygens (including phenoxy) is 1. The maximum atomic E-state index is 12.4. The molecule has 0 aromatic carbocycles. The number of likely N-dealkylation sites (N-methyl/N-ethyl adjacent to an activating group) is 1. The number of nitrogens with zero attached hydrogens (tertiary/aromatic N) is 2. The molecule has 0 spiro atoms. The molecule has 0 aromatic rings. The molecule has 19 heavy (non-hydrogen) atoms. The van der Waals surface area contributed by atoms with E-state index in [0.717, 1.165) is 6.42 Å². The molecule has 0 bridgehead atoms. The van der Waals surface area contributed by atoms with E-state index in [1.807, 2.05) is 20.8 Å². The molecule has 1 saturated heterocycles. The maximum Gasteiger partial charge on any atom is 0.320 e. The molecule has 1 heterocycles. The second kappa shape index (κ2) is 6.75. The minimum Gasteiger partial charge on any atom is -0.481 e. The van der Waals surface area contributed by atoms with Crippen molar-refractivity contribution in [3.63, 3.8) is 0 Å². The van der Waals surface area contributed by atoms with Gasteiger partial charge in [-0.3, -0.25) is 4.79 Å². The van der Waals surface area contributed by atoms with Crippen molar-refractivity contribution in [1.82, 2.24) is 9.80 Å². The van der Waals surface area contributed by atoms with E-state index < -0.39 is 11.9 Å². The predicted octanol–water partition coefficient (Wildman–Crippen LogP) is 1.26. The first-order valence-electron chi connectivity index (χ1n) is 6.74. The lowest BCUT2D eigenvalue weighted by Crippen LogP contribution is -2.51. The van der Waals surface area contributed by atoms with Crippen molar-refractivity contribution in [2.75, 3.05) is 26.8 Å². The van der Waals surface area contributed by atoms with Crippen LogP contribution >= 0.6 is 0 Å². The van der Waals surface area contributed by atoms with E-state index in [0.29, 0.717) is 6.54 Å². The van der Waals surface area contributed by atoms with Crippen LogP contribution in [0.25, 0.3) is 0 Å². The van der Waals surface area contributed by atoms with E-state index in [2.05, 4.69) is 0 Å². The molecule has 1 fully saturated rings. The average molecular weight is 272 g/mol. The zero-order chi connectivity index (χ0) is 14.6. The molecule has 2 unspecified atom stereocenters. The molecular weight excluding hydrogens is 248 g/mol. The van der Waals surface area contributed by atoms with Crippen molar-refractivity contribution >= 4 is 12.0 Å². The number of carboxylic acid groups (broad SMARTS) is 1. The van der Waals surface area contributed by atoms with Crippen LogP contribution in [0.4, 0.5) is 4.79 Å². The van der Waals surface area contributed by atoms with Gasteiger partial charge in [0, 0.05) is 19.6 Å². The van der Waals surface area contributed by atoms with Crippen molar-refractivity contribution in [3.8, 4) is 0 Å². The fourth-order valence-electron chi connectivity index (χ4n) is 2.32. The number of urea groups is 1. The van der Waals surface area contributed by atoms with Gasteiger partial charge in [0.25, 0.3) is 0 Å². The second-order valence-corrected chi connectivity index (χ2v) is 5.23. The van der Waals surface area contributed by atoms with E-state index in [-0.39, 0.29) is 31.3 Å². The Morgan fingerprint density at radius 1 is 1.37 bits per heavy atom. The molecule has 1 rings (SSSR count). The Morgan fingerprint density at radius 2 is 2.00 bits per heavy atom. The number of carboxylic acids is 1. The third-order valence-electron chi connectivity index (χ3n) is 3.50. The number of carbonyl (C=O) groups is 2. The van der Waals surface area contributed by atoms with Crippen LogP contribution in [0, 0.1) is 5.92 Å². The summed E-state index contributed by atoms with van der Waals surface area (Å²) in [6.45, 7) is 7.07. The Balaban J connectivity index is 2.77. The molecule has 0 radical (unpaired) electrons. The number of carbonyl (C=O) groups excluding carboxylic acids is 1. The molecule has 2 amide bonds. The lowest BCUT2D eigenvalue weighted by atomic mass is 10.0. The number of amides is 2. The highest BCUT2D eigenvalue weighted by Gasteiger charge is 2.39. The van der Waals surface area contributed by atoms with Crippen LogP contribution in [0.3, 0.4) is 0 Å². The molecule has 0 saturated carbocycles. The average Bonchev–Trinajstić information content (AvgIpc) is 2.83. The van der Waals surface area contributed by atoms with Crippen LogP contribution < -0.4 is 0 Å². The molecule has 0 aromatic heterocycles. The topological polar surface area (TPSA) is 70.1 Å². The van der Waals surface area contributed by atoms with Crippen molar-refractivity contribution < 1.29 is 19.4 Å². The van der Waals surface area contributed by atoms with E-state index in [4.69, 9.17) is 9.84 Å². The summed E-state index contributed by atoms with van der Waals surface area (Å²) >= 11 is 0. The monoisotopic (exact) mass is 272 g/mol. The van der Waals surface area contributed by atoms with Gasteiger partial charge in [-0.1, -0.05) is 6.92 Å². The lowest BCUT2D eigenvalue weighted by molar-refractivity contribution is -0.142. The Kier molecular flexibility index (Phi) is 5.60. The number of aliphatic carboxylic acids is 1. The molecule has 2 atom stereocenters. The summed E-state index contributed by atoms with van der Waals surface area (Å²) in [5.74, 6) is -1.54. The SMILES string of the molecule is CCCN(C(=O)N(C)C1COCC1C(=O)O)C(C)C. The Hall–Kier alpha value is -1.30. The zero-order valence-electron chi connectivity index (χ0n) is 12.1. The third-order valence-corrected chi connectivity index (χ3v) is 3.50. The Labute approximate surface area is 114 Å². The number of rotatable bonds is 5. The van der Waals surface area contributed by atoms with E-state index in [9.17, 15) is 9.59 Å². The van der Waals surface area contributed by atoms with Crippen molar-refractivity contribution in [1.29, 1.82) is 0 Å². The summed E-state index contributed by atoms with van der Waals surface area (Å²) < 4.78 is 5.21. The fraction of sp³-hybridized carbons (Fsp3) is 0.846. The van der Waals surface area contributed by atoms with Gasteiger partial charge in [-0.05, 0) is 20.3 Å². The second-order valence-electron chi connectivity index (χ2n) is 5.23. The number of hydrogen-bond acceptors (Lipinski definition) is 3. The van der Waals surface area contributed by atoms with Gasteiger partial charge in [-0.2, -0.15) is 0 Å². The normalized spacial score (nSPS) is 22.6. The van der Waals surface area contributed by atoms with Crippen molar-refractivity contribution in [3.05, 3.63) is 0 Å². The third kappa shape index (κ3) is 3.59. The van der Waals surface area contributed by atoms with Crippen LogP contribution in [0.15, 0.2) is 0 Å². The standard InChI is InChI=1S/C13H24N2O4/c1-5-6-15(9(2)3)13(18)14(4)11-8-19-7-10(11)12(16)17/h9-11H,5-8H2,1-4H3,(H,16,17). The summed E-state index contributed by atoms with van der Waals surface area (Å²) in [7, 11) is 1.66. The minimum absolute atomic E-state index is 0.0977. The smallest absolute Gasteiger partial charge is 0.320 e. The first kappa shape index (κ1) is 15.8. The van der Waals surface area contributed by atoms with Gasteiger partial charge in [0.1, 0.15) is 5.92 Å². The van der Waals surface area contributed by atoms with Crippen molar-refractivity contribution in [2.45, 2.75) is 39.3 Å². The molecule has 6 heteroatoms. The predicted molar refractivity (Wildman–Crippen MR) is 71.0 cm³/mol. The zero-order valence-corrected chi connectivity index (χ0v) is 12.1. The molecule has 6 nitrogen and oxygen atoms in total. The summed E-state index contributed by atoms with van der Waals surface area (Å²) in [4.78, 5) is 26.8. The maximum absolute atomic E-state index is 12.4. The van der Waals surface area contributed by atoms with Crippen LogP contribution in [0.2, 0.25) is 0 Å². The van der Waals surface area contributed by atoms with E-state index in [1.165, 1.54) is 4.90 Å². The van der Waals surface area contributed by atoms with Gasteiger partial charge < -0.3 is 19.6 Å². The van der Waals surface area contributed by atoms with Gasteiger partial charge in [-0.15, -0.1) is 0 Å². The van der Waals surface area contributed by atoms with Crippen LogP contribution in [-0.2, 0) is 9.53 Å². The Bertz CT molecular complexity index is 333. The molecule has 110 valence electrons. The van der Waals surface area contributed by atoms with Gasteiger partial charge in [0.15, 0.2) is 0 Å². The van der Waals surface area contributed by atoms with E-state index in [1.54, 1.807) is 11.9 Å². The summed E-state index contributed by atoms with van der Waals surface area (Å²) in [6.07, 6.45) is 0.876. The highest BCUT2D eigenvalue weighted by molar-refractivity contribution is 5.77. The van der Waals surface area contributed by atoms with Crippen LogP contribution in [-0.4, -0.2) is 65.8 Å². The van der Waals surface area contributed by atoms with Gasteiger partial charge in [0.05, 0.1) is 19.3 Å². The quantitative estimate of drug-likeness (QED) is 0.818. The number of hydrogen-bond donors (Lipinski definition) is 1. The molecule has 1 aliphatic rings. The molecule has 0 aliphatic carbocycles. The highest BCUT2D eigenvalue weighted by atomic mass is 16.5. The van der Waals surface area contributed by atoms with Crippen molar-refractivity contribution in [2.24, 2.45) is 5.92 Å². The largest absolute Gasteiger partial charge is 0.481 e. The summed E-state index contributed by atoms with van der Waals surface area (Å²) in [5, 5.41) is 9.13. The first-order chi connectivity index (χ1) is 8.90. The van der Waals surface area contributed by atoms with E-state index >= 15 is 0 Å². The van der Waals surface area contributed by atoms with Crippen LogP contribution in [0.5, 0.6) is 0 Å². The first-order valence-corrected chi connectivity index (χ1v) is 6.74. The fourth-order valence-corrected chi connectivity index (χ4v) is 2.32. The minimum atomic E-state index is -0.909. The summed E-state index contributed by atoms with van der Waals surface area (Å²) in [6, 6.07) is -0.415.